The van der Waals surface area contributed by atoms with Gasteiger partial charge in [-0.3, -0.25) is 4.79 Å². The standard InChI is InChI=1S/C24H44O7/c1-2-3-4-5-6-7-8-9-10-11-12-13-14-15-16-17-22(28)31-19-21(27)24(30)23(29)20(26)18-25/h9-10,18,20-21,23-24,26-27,29-30H,2-8,11-17,19H2,1H3/b10-9-/t20-,21+,23+,24-/m0/s1. The summed E-state index contributed by atoms with van der Waals surface area (Å²) >= 11 is 0. The fourth-order valence-corrected chi connectivity index (χ4v) is 3.20. The van der Waals surface area contributed by atoms with E-state index in [4.69, 9.17) is 9.84 Å². The molecule has 0 spiro atoms. The molecule has 0 unspecified atom stereocenters. The molecule has 4 atom stereocenters. The van der Waals surface area contributed by atoms with Crippen molar-refractivity contribution in [3.05, 3.63) is 12.2 Å². The number of hydrogen-bond acceptors (Lipinski definition) is 7. The van der Waals surface area contributed by atoms with E-state index in [0.717, 1.165) is 32.1 Å². The van der Waals surface area contributed by atoms with Gasteiger partial charge >= 0.3 is 5.97 Å². The van der Waals surface area contributed by atoms with Gasteiger partial charge in [-0.25, -0.2) is 0 Å². The quantitative estimate of drug-likeness (QED) is 0.0927. The summed E-state index contributed by atoms with van der Waals surface area (Å²) in [5.41, 5.74) is 0. The van der Waals surface area contributed by atoms with Crippen LogP contribution in [0, 0.1) is 0 Å². The minimum atomic E-state index is -1.84. The highest BCUT2D eigenvalue weighted by molar-refractivity contribution is 5.69. The van der Waals surface area contributed by atoms with E-state index in [-0.39, 0.29) is 12.7 Å². The van der Waals surface area contributed by atoms with E-state index in [0.29, 0.717) is 6.42 Å². The minimum absolute atomic E-state index is 0.0549. The molecule has 7 nitrogen and oxygen atoms in total. The molecule has 0 aromatic heterocycles. The predicted octanol–water partition coefficient (Wildman–Crippen LogP) is 3.21. The number of carbonyl (C=O) groups is 2. The highest BCUT2D eigenvalue weighted by Crippen LogP contribution is 2.11. The van der Waals surface area contributed by atoms with E-state index >= 15 is 0 Å². The molecule has 0 bridgehead atoms. The van der Waals surface area contributed by atoms with Crippen LogP contribution in [-0.4, -0.2) is 63.7 Å². The smallest absolute Gasteiger partial charge is 0.305 e. The van der Waals surface area contributed by atoms with Crippen molar-refractivity contribution >= 4 is 12.3 Å². The summed E-state index contributed by atoms with van der Waals surface area (Å²) in [4.78, 5) is 22.0. The number of aliphatic hydroxyl groups is 4. The minimum Gasteiger partial charge on any atom is -0.463 e. The fourth-order valence-electron chi connectivity index (χ4n) is 3.20. The van der Waals surface area contributed by atoms with E-state index in [2.05, 4.69) is 19.1 Å². The molecule has 4 N–H and O–H groups in total. The van der Waals surface area contributed by atoms with Crippen LogP contribution in [0.3, 0.4) is 0 Å². The zero-order chi connectivity index (χ0) is 23.3. The summed E-state index contributed by atoms with van der Waals surface area (Å²) in [5.74, 6) is -0.491. The van der Waals surface area contributed by atoms with Crippen molar-refractivity contribution in [3.8, 4) is 0 Å². The maximum atomic E-state index is 11.7. The van der Waals surface area contributed by atoms with Crippen molar-refractivity contribution < 1.29 is 34.8 Å². The third-order valence-corrected chi connectivity index (χ3v) is 5.29. The molecule has 0 aliphatic heterocycles. The number of carbonyl (C=O) groups excluding carboxylic acids is 2. The van der Waals surface area contributed by atoms with E-state index < -0.39 is 37.0 Å². The van der Waals surface area contributed by atoms with Crippen LogP contribution in [0.25, 0.3) is 0 Å². The van der Waals surface area contributed by atoms with Gasteiger partial charge in [0.05, 0.1) is 0 Å². The number of rotatable bonds is 21. The SMILES string of the molecule is CCCCCCCC/C=C\CCCCCCCC(=O)OC[C@@H](O)[C@H](O)[C@H](O)[C@@H](O)C=O. The third-order valence-electron chi connectivity index (χ3n) is 5.29. The van der Waals surface area contributed by atoms with Crippen LogP contribution < -0.4 is 0 Å². The Hall–Kier alpha value is -1.28. The monoisotopic (exact) mass is 444 g/mol. The van der Waals surface area contributed by atoms with Crippen molar-refractivity contribution in [2.45, 2.75) is 121 Å². The lowest BCUT2D eigenvalue weighted by atomic mass is 10.0. The summed E-state index contributed by atoms with van der Waals surface area (Å²) < 4.78 is 4.87. The Balaban J connectivity index is 3.55. The van der Waals surface area contributed by atoms with E-state index in [1.165, 1.54) is 44.9 Å². The summed E-state index contributed by atoms with van der Waals surface area (Å²) in [6.45, 7) is 1.73. The lowest BCUT2D eigenvalue weighted by molar-refractivity contribution is -0.156. The predicted molar refractivity (Wildman–Crippen MR) is 121 cm³/mol. The van der Waals surface area contributed by atoms with E-state index in [1.807, 2.05) is 0 Å². The Morgan fingerprint density at radius 2 is 1.29 bits per heavy atom. The van der Waals surface area contributed by atoms with Gasteiger partial charge in [0, 0.05) is 6.42 Å². The first kappa shape index (κ1) is 29.7. The third kappa shape index (κ3) is 17.0. The summed E-state index contributed by atoms with van der Waals surface area (Å²) in [5, 5.41) is 37.8. The number of aliphatic hydroxyl groups excluding tert-OH is 4. The van der Waals surface area contributed by atoms with Crippen molar-refractivity contribution in [3.63, 3.8) is 0 Å². The number of aldehydes is 1. The Morgan fingerprint density at radius 1 is 0.774 bits per heavy atom. The van der Waals surface area contributed by atoms with Crippen LogP contribution in [0.4, 0.5) is 0 Å². The fraction of sp³-hybridized carbons (Fsp3) is 0.833. The van der Waals surface area contributed by atoms with Gasteiger partial charge < -0.3 is 30.0 Å². The summed E-state index contributed by atoms with van der Waals surface area (Å²) in [7, 11) is 0. The highest BCUT2D eigenvalue weighted by atomic mass is 16.5. The molecule has 0 aromatic carbocycles. The molecule has 0 fully saturated rings. The first-order chi connectivity index (χ1) is 14.9. The zero-order valence-electron chi connectivity index (χ0n) is 19.2. The maximum absolute atomic E-state index is 11.7. The van der Waals surface area contributed by atoms with Gasteiger partial charge in [0.2, 0.25) is 0 Å². The molecule has 0 amide bonds. The Bertz CT molecular complexity index is 467. The summed E-state index contributed by atoms with van der Waals surface area (Å²) in [6, 6.07) is 0. The Kier molecular flexibility index (Phi) is 19.8. The lowest BCUT2D eigenvalue weighted by Crippen LogP contribution is -2.46. The lowest BCUT2D eigenvalue weighted by Gasteiger charge is -2.23. The second kappa shape index (κ2) is 20.6. The van der Waals surface area contributed by atoms with Gasteiger partial charge in [-0.05, 0) is 32.1 Å². The largest absolute Gasteiger partial charge is 0.463 e. The molecule has 0 aliphatic carbocycles. The molecule has 0 radical (unpaired) electrons. The van der Waals surface area contributed by atoms with Gasteiger partial charge in [-0.1, -0.05) is 70.4 Å². The highest BCUT2D eigenvalue weighted by Gasteiger charge is 2.30. The molecule has 7 heteroatoms. The molecule has 0 heterocycles. The molecular formula is C24H44O7. The number of hydrogen-bond donors (Lipinski definition) is 4. The zero-order valence-corrected chi connectivity index (χ0v) is 19.2. The van der Waals surface area contributed by atoms with Crippen molar-refractivity contribution in [2.24, 2.45) is 0 Å². The Labute approximate surface area is 187 Å². The molecule has 0 aliphatic rings. The number of esters is 1. The first-order valence-corrected chi connectivity index (χ1v) is 11.9. The number of unbranched alkanes of at least 4 members (excludes halogenated alkanes) is 11. The first-order valence-electron chi connectivity index (χ1n) is 11.9. The molecule has 0 rings (SSSR count). The van der Waals surface area contributed by atoms with Crippen LogP contribution in [0.2, 0.25) is 0 Å². The van der Waals surface area contributed by atoms with Gasteiger partial charge in [-0.15, -0.1) is 0 Å². The van der Waals surface area contributed by atoms with Gasteiger partial charge in [-0.2, -0.15) is 0 Å². The van der Waals surface area contributed by atoms with E-state index in [1.54, 1.807) is 0 Å². The van der Waals surface area contributed by atoms with E-state index in [9.17, 15) is 24.9 Å². The van der Waals surface area contributed by atoms with Crippen molar-refractivity contribution in [1.29, 1.82) is 0 Å². The van der Waals surface area contributed by atoms with Gasteiger partial charge in [0.1, 0.15) is 31.0 Å². The van der Waals surface area contributed by atoms with Crippen LogP contribution in [0.15, 0.2) is 12.2 Å². The normalized spacial score (nSPS) is 15.5. The van der Waals surface area contributed by atoms with Gasteiger partial charge in [0.15, 0.2) is 6.29 Å². The van der Waals surface area contributed by atoms with Crippen molar-refractivity contribution in [1.82, 2.24) is 0 Å². The number of ether oxygens (including phenoxy) is 1. The van der Waals surface area contributed by atoms with Crippen LogP contribution in [0.1, 0.15) is 96.8 Å². The molecule has 182 valence electrons. The molecular weight excluding hydrogens is 400 g/mol. The van der Waals surface area contributed by atoms with Crippen LogP contribution in [-0.2, 0) is 14.3 Å². The van der Waals surface area contributed by atoms with Gasteiger partial charge in [0.25, 0.3) is 0 Å². The summed E-state index contributed by atoms with van der Waals surface area (Å²) in [6.07, 6.45) is 13.0. The van der Waals surface area contributed by atoms with Crippen LogP contribution in [0.5, 0.6) is 0 Å². The molecule has 0 saturated carbocycles. The molecule has 0 aromatic rings. The topological polar surface area (TPSA) is 124 Å². The molecule has 31 heavy (non-hydrogen) atoms. The second-order valence-electron chi connectivity index (χ2n) is 8.19. The second-order valence-corrected chi connectivity index (χ2v) is 8.19. The number of allylic oxidation sites excluding steroid dienone is 2. The van der Waals surface area contributed by atoms with Crippen molar-refractivity contribution in [2.75, 3.05) is 6.61 Å². The average Bonchev–Trinajstić information content (AvgIpc) is 2.78. The average molecular weight is 445 g/mol. The molecule has 0 saturated heterocycles. The Morgan fingerprint density at radius 3 is 1.84 bits per heavy atom. The van der Waals surface area contributed by atoms with Crippen LogP contribution >= 0.6 is 0 Å². The maximum Gasteiger partial charge on any atom is 0.305 e.